The van der Waals surface area contributed by atoms with Crippen LogP contribution in [0.1, 0.15) is 13.8 Å². The Morgan fingerprint density at radius 1 is 1.44 bits per heavy atom. The van der Waals surface area contributed by atoms with Crippen LogP contribution in [0.3, 0.4) is 0 Å². The van der Waals surface area contributed by atoms with Gasteiger partial charge >= 0.3 is 74.8 Å². The van der Waals surface area contributed by atoms with Gasteiger partial charge < -0.3 is 0 Å². The topological polar surface area (TPSA) is 23.5 Å². The Balaban J connectivity index is 3.31. The predicted octanol–water partition coefficient (Wildman–Crippen LogP) is -0.185. The SMILES string of the molecule is CCN(CC)C[CH](O)[Na]. The second-order valence-corrected chi connectivity index (χ2v) is 3.67. The molecular formula is C6H14NNaO. The van der Waals surface area contributed by atoms with Gasteiger partial charge in [0.1, 0.15) is 0 Å². The van der Waals surface area contributed by atoms with Crippen LogP contribution in [0.25, 0.3) is 0 Å². The fourth-order valence-electron chi connectivity index (χ4n) is 0.855. The number of rotatable bonds is 4. The summed E-state index contributed by atoms with van der Waals surface area (Å²) in [7, 11) is 0. The molecule has 0 bridgehead atoms. The standard InChI is InChI=1S/C6H14NO.Na/c1-3-7(4-2)5-6-8;/h6,8H,3-5H2,1-2H3;. The molecule has 0 aliphatic heterocycles. The molecule has 1 atom stereocenters. The molecule has 0 heterocycles. The first-order valence-corrected chi connectivity index (χ1v) is 4.76. The molecule has 0 fully saturated rings. The van der Waals surface area contributed by atoms with Gasteiger partial charge in [0, 0.05) is 0 Å². The Labute approximate surface area is 74.7 Å². The number of hydrogen-bond donors (Lipinski definition) is 1. The van der Waals surface area contributed by atoms with E-state index >= 15 is 0 Å². The maximum absolute atomic E-state index is 9.01. The summed E-state index contributed by atoms with van der Waals surface area (Å²) in [6.07, 6.45) is 0. The van der Waals surface area contributed by atoms with Crippen molar-refractivity contribution in [3.05, 3.63) is 0 Å². The van der Waals surface area contributed by atoms with Gasteiger partial charge in [-0.2, -0.15) is 0 Å². The first kappa shape index (κ1) is 9.92. The minimum atomic E-state index is -0.0510. The van der Waals surface area contributed by atoms with Crippen LogP contribution in [0.15, 0.2) is 0 Å². The molecule has 2 nitrogen and oxygen atoms in total. The monoisotopic (exact) mass is 139 g/mol. The normalized spacial score (nSPS) is 14.4. The molecule has 0 rings (SSSR count). The number of hydrogen-bond acceptors (Lipinski definition) is 2. The number of aliphatic hydroxyl groups is 1. The van der Waals surface area contributed by atoms with Crippen molar-refractivity contribution in [3.8, 4) is 0 Å². The summed E-state index contributed by atoms with van der Waals surface area (Å²) < 4.78 is -0.0510. The van der Waals surface area contributed by atoms with E-state index in [1.54, 1.807) is 0 Å². The van der Waals surface area contributed by atoms with Crippen LogP contribution in [-0.4, -0.2) is 60.9 Å². The molecule has 0 aliphatic rings. The average molecular weight is 139 g/mol. The summed E-state index contributed by atoms with van der Waals surface area (Å²) in [6.45, 7) is 7.20. The molecular weight excluding hydrogens is 125 g/mol. The van der Waals surface area contributed by atoms with Crippen molar-refractivity contribution >= 4 is 27.9 Å². The Bertz CT molecular complexity index is 64.1. The van der Waals surface area contributed by atoms with Gasteiger partial charge in [0.25, 0.3) is 0 Å². The predicted molar refractivity (Wildman–Crippen MR) is 39.5 cm³/mol. The molecule has 50 valence electrons. The Morgan fingerprint density at radius 2 is 1.89 bits per heavy atom. The fourth-order valence-corrected chi connectivity index (χ4v) is 1.37. The van der Waals surface area contributed by atoms with Gasteiger partial charge in [-0.05, 0) is 0 Å². The molecule has 9 heavy (non-hydrogen) atoms. The average Bonchev–Trinajstić information content (AvgIpc) is 1.82. The Morgan fingerprint density at radius 3 is 2.00 bits per heavy atom. The molecule has 1 unspecified atom stereocenters. The summed E-state index contributed by atoms with van der Waals surface area (Å²) in [5, 5.41) is 9.01. The van der Waals surface area contributed by atoms with Crippen molar-refractivity contribution in [1.82, 2.24) is 4.90 Å². The van der Waals surface area contributed by atoms with Crippen LogP contribution in [0.4, 0.5) is 0 Å². The van der Waals surface area contributed by atoms with Crippen LogP contribution in [0, 0.1) is 0 Å². The zero-order valence-corrected chi connectivity index (χ0v) is 8.59. The van der Waals surface area contributed by atoms with E-state index in [0.717, 1.165) is 47.6 Å². The molecule has 0 saturated carbocycles. The van der Waals surface area contributed by atoms with E-state index in [2.05, 4.69) is 18.7 Å². The molecule has 3 heteroatoms. The summed E-state index contributed by atoms with van der Waals surface area (Å²) in [6, 6.07) is 0. The molecule has 0 aliphatic carbocycles. The molecule has 0 aromatic heterocycles. The van der Waals surface area contributed by atoms with E-state index in [-0.39, 0.29) is 3.35 Å². The summed E-state index contributed by atoms with van der Waals surface area (Å²) in [5.41, 5.74) is 0. The van der Waals surface area contributed by atoms with Gasteiger partial charge in [-0.25, -0.2) is 0 Å². The molecule has 0 amide bonds. The van der Waals surface area contributed by atoms with Gasteiger partial charge in [0.15, 0.2) is 0 Å². The first-order valence-electron chi connectivity index (χ1n) is 3.61. The summed E-state index contributed by atoms with van der Waals surface area (Å²) in [4.78, 5) is 2.23. The third-order valence-corrected chi connectivity index (χ3v) is 1.78. The third-order valence-electron chi connectivity index (χ3n) is 1.42. The Kier molecular flexibility index (Phi) is 6.27. The van der Waals surface area contributed by atoms with Crippen LogP contribution < -0.4 is 0 Å². The van der Waals surface area contributed by atoms with Crippen molar-refractivity contribution < 1.29 is 5.11 Å². The van der Waals surface area contributed by atoms with Crippen LogP contribution >= 0.6 is 0 Å². The van der Waals surface area contributed by atoms with Gasteiger partial charge in [-0.3, -0.25) is 0 Å². The van der Waals surface area contributed by atoms with Gasteiger partial charge in [-0.1, -0.05) is 0 Å². The van der Waals surface area contributed by atoms with Crippen LogP contribution in [0.5, 0.6) is 0 Å². The van der Waals surface area contributed by atoms with E-state index in [1.165, 1.54) is 0 Å². The third kappa shape index (κ3) is 5.37. The minimum absolute atomic E-state index is 0.0510. The van der Waals surface area contributed by atoms with Crippen molar-refractivity contribution in [2.45, 2.75) is 17.2 Å². The molecule has 0 radical (unpaired) electrons. The second kappa shape index (κ2) is 5.69. The van der Waals surface area contributed by atoms with E-state index < -0.39 is 0 Å². The van der Waals surface area contributed by atoms with E-state index in [4.69, 9.17) is 5.11 Å². The number of nitrogens with zero attached hydrogens (tertiary/aromatic N) is 1. The maximum atomic E-state index is 9.01. The fraction of sp³-hybridized carbons (Fsp3) is 1.00. The zero-order chi connectivity index (χ0) is 7.28. The molecule has 1 N–H and O–H groups in total. The van der Waals surface area contributed by atoms with Gasteiger partial charge in [0.2, 0.25) is 0 Å². The summed E-state index contributed by atoms with van der Waals surface area (Å²) >= 11 is 0.890. The van der Waals surface area contributed by atoms with Gasteiger partial charge in [-0.15, -0.1) is 0 Å². The van der Waals surface area contributed by atoms with Crippen LogP contribution in [0.2, 0.25) is 0 Å². The van der Waals surface area contributed by atoms with Gasteiger partial charge in [0.05, 0.1) is 0 Å². The van der Waals surface area contributed by atoms with E-state index in [0.29, 0.717) is 0 Å². The molecule has 0 spiro atoms. The zero-order valence-electron chi connectivity index (χ0n) is 6.59. The molecule has 0 aromatic carbocycles. The number of aliphatic hydroxyl groups excluding tert-OH is 1. The molecule has 0 saturated heterocycles. The van der Waals surface area contributed by atoms with Crippen molar-refractivity contribution in [1.29, 1.82) is 0 Å². The number of likely N-dealkylation sites (N-methyl/N-ethyl adjacent to an activating group) is 1. The van der Waals surface area contributed by atoms with Crippen molar-refractivity contribution in [2.24, 2.45) is 0 Å². The van der Waals surface area contributed by atoms with Crippen molar-refractivity contribution in [3.63, 3.8) is 0 Å². The second-order valence-electron chi connectivity index (χ2n) is 2.33. The Hall–Kier alpha value is 0.920. The van der Waals surface area contributed by atoms with Crippen molar-refractivity contribution in [2.75, 3.05) is 19.6 Å². The molecule has 0 aromatic rings. The summed E-state index contributed by atoms with van der Waals surface area (Å²) in [5.74, 6) is 0. The first-order chi connectivity index (χ1) is 4.20. The van der Waals surface area contributed by atoms with E-state index in [9.17, 15) is 0 Å². The quantitative estimate of drug-likeness (QED) is 0.546. The van der Waals surface area contributed by atoms with Crippen LogP contribution in [-0.2, 0) is 0 Å². The van der Waals surface area contributed by atoms with E-state index in [1.807, 2.05) is 0 Å².